The molecule has 1 heterocycles. The van der Waals surface area contributed by atoms with Crippen LogP contribution in [0.2, 0.25) is 0 Å². The van der Waals surface area contributed by atoms with Gasteiger partial charge in [-0.25, -0.2) is 9.59 Å². The molecule has 128 valence electrons. The number of hydrogen-bond acceptors (Lipinski definition) is 2. The van der Waals surface area contributed by atoms with Gasteiger partial charge in [0, 0.05) is 18.1 Å². The second-order valence-corrected chi connectivity index (χ2v) is 6.19. The Morgan fingerprint density at radius 2 is 1.62 bits per heavy atom. The summed E-state index contributed by atoms with van der Waals surface area (Å²) in [5.41, 5.74) is 1.90. The lowest BCUT2D eigenvalue weighted by Gasteiger charge is -2.08. The van der Waals surface area contributed by atoms with Crippen molar-refractivity contribution in [3.05, 3.63) is 83.6 Å². The van der Waals surface area contributed by atoms with Crippen molar-refractivity contribution in [1.29, 1.82) is 0 Å². The van der Waals surface area contributed by atoms with Gasteiger partial charge in [0.1, 0.15) is 0 Å². The molecule has 4 rings (SSSR count). The molecule has 0 amide bonds. The predicted molar refractivity (Wildman–Crippen MR) is 98.9 cm³/mol. The summed E-state index contributed by atoms with van der Waals surface area (Å²) in [6.07, 6.45) is 1.56. The highest BCUT2D eigenvalue weighted by Crippen LogP contribution is 2.25. The first kappa shape index (κ1) is 15.9. The van der Waals surface area contributed by atoms with Crippen molar-refractivity contribution in [2.24, 2.45) is 0 Å². The second kappa shape index (κ2) is 6.04. The van der Waals surface area contributed by atoms with Crippen LogP contribution in [0.4, 0.5) is 0 Å². The van der Waals surface area contributed by atoms with Crippen molar-refractivity contribution in [2.45, 2.75) is 6.54 Å². The monoisotopic (exact) mass is 345 g/mol. The van der Waals surface area contributed by atoms with Crippen LogP contribution >= 0.6 is 0 Å². The van der Waals surface area contributed by atoms with Crippen molar-refractivity contribution in [1.82, 2.24) is 4.57 Å². The summed E-state index contributed by atoms with van der Waals surface area (Å²) in [4.78, 5) is 22.8. The SMILES string of the molecule is O=C(O)c1ccc2c(C(=O)O)cn(Cc3ccc4ccccc4c3)c2c1. The predicted octanol–water partition coefficient (Wildman–Crippen LogP) is 4.24. The summed E-state index contributed by atoms with van der Waals surface area (Å²) >= 11 is 0. The number of fused-ring (bicyclic) bond motifs is 2. The summed E-state index contributed by atoms with van der Waals surface area (Å²) in [7, 11) is 0. The van der Waals surface area contributed by atoms with Crippen LogP contribution in [0, 0.1) is 0 Å². The summed E-state index contributed by atoms with van der Waals surface area (Å²) in [5, 5.41) is 21.5. The Morgan fingerprint density at radius 3 is 2.35 bits per heavy atom. The van der Waals surface area contributed by atoms with E-state index in [1.54, 1.807) is 16.8 Å². The molecule has 0 aliphatic heterocycles. The number of nitrogens with zero attached hydrogens (tertiary/aromatic N) is 1. The number of benzene rings is 3. The van der Waals surface area contributed by atoms with Crippen molar-refractivity contribution >= 4 is 33.6 Å². The minimum absolute atomic E-state index is 0.132. The summed E-state index contributed by atoms with van der Waals surface area (Å²) in [6, 6.07) is 18.6. The maximum atomic E-state index is 11.5. The fraction of sp³-hybridized carbons (Fsp3) is 0.0476. The van der Waals surface area contributed by atoms with E-state index in [1.807, 2.05) is 36.4 Å². The third kappa shape index (κ3) is 2.69. The van der Waals surface area contributed by atoms with E-state index >= 15 is 0 Å². The van der Waals surface area contributed by atoms with Gasteiger partial charge in [-0.3, -0.25) is 0 Å². The van der Waals surface area contributed by atoms with E-state index in [-0.39, 0.29) is 11.1 Å². The lowest BCUT2D eigenvalue weighted by molar-refractivity contribution is 0.0687. The fourth-order valence-corrected chi connectivity index (χ4v) is 3.26. The van der Waals surface area contributed by atoms with Crippen LogP contribution in [0.5, 0.6) is 0 Å². The largest absolute Gasteiger partial charge is 0.478 e. The highest BCUT2D eigenvalue weighted by atomic mass is 16.4. The molecule has 0 fully saturated rings. The third-order valence-electron chi connectivity index (χ3n) is 4.53. The maximum Gasteiger partial charge on any atom is 0.337 e. The van der Waals surface area contributed by atoms with E-state index in [0.717, 1.165) is 16.3 Å². The molecule has 26 heavy (non-hydrogen) atoms. The topological polar surface area (TPSA) is 79.5 Å². The molecule has 3 aromatic carbocycles. The zero-order chi connectivity index (χ0) is 18.3. The lowest BCUT2D eigenvalue weighted by Crippen LogP contribution is -2.00. The fourth-order valence-electron chi connectivity index (χ4n) is 3.26. The molecule has 2 N–H and O–H groups in total. The summed E-state index contributed by atoms with van der Waals surface area (Å²) in [6.45, 7) is 0.456. The average molecular weight is 345 g/mol. The molecule has 0 radical (unpaired) electrons. The zero-order valence-corrected chi connectivity index (χ0v) is 13.7. The number of hydrogen-bond donors (Lipinski definition) is 2. The third-order valence-corrected chi connectivity index (χ3v) is 4.53. The van der Waals surface area contributed by atoms with Crippen LogP contribution < -0.4 is 0 Å². The zero-order valence-electron chi connectivity index (χ0n) is 13.7. The van der Waals surface area contributed by atoms with E-state index in [1.165, 1.54) is 12.1 Å². The van der Waals surface area contributed by atoms with Gasteiger partial charge in [0.2, 0.25) is 0 Å². The second-order valence-electron chi connectivity index (χ2n) is 6.19. The van der Waals surface area contributed by atoms with E-state index in [0.29, 0.717) is 17.4 Å². The Bertz CT molecular complexity index is 1170. The summed E-state index contributed by atoms with van der Waals surface area (Å²) in [5.74, 6) is -2.07. The molecule has 0 atom stereocenters. The molecule has 0 saturated heterocycles. The number of carboxylic acid groups (broad SMARTS) is 2. The van der Waals surface area contributed by atoms with Crippen LogP contribution in [0.15, 0.2) is 66.9 Å². The number of carbonyl (C=O) groups is 2. The first-order valence-electron chi connectivity index (χ1n) is 8.10. The molecule has 0 aliphatic rings. The van der Waals surface area contributed by atoms with Gasteiger partial charge < -0.3 is 14.8 Å². The van der Waals surface area contributed by atoms with Gasteiger partial charge in [0.05, 0.1) is 16.6 Å². The van der Waals surface area contributed by atoms with Crippen molar-refractivity contribution in [3.8, 4) is 0 Å². The molecular weight excluding hydrogens is 330 g/mol. The molecular formula is C21H15NO4. The van der Waals surface area contributed by atoms with E-state index in [9.17, 15) is 19.8 Å². The Hall–Kier alpha value is -3.60. The molecule has 0 aliphatic carbocycles. The quantitative estimate of drug-likeness (QED) is 0.580. The Balaban J connectivity index is 1.84. The molecule has 4 aromatic rings. The molecule has 0 unspecified atom stereocenters. The Kier molecular flexibility index (Phi) is 3.69. The Morgan fingerprint density at radius 1 is 0.846 bits per heavy atom. The van der Waals surface area contributed by atoms with Crippen LogP contribution in [0.25, 0.3) is 21.7 Å². The molecule has 0 bridgehead atoms. The van der Waals surface area contributed by atoms with Crippen LogP contribution in [-0.2, 0) is 6.54 Å². The number of rotatable bonds is 4. The minimum atomic E-state index is -1.04. The molecule has 0 saturated carbocycles. The molecule has 5 nitrogen and oxygen atoms in total. The van der Waals surface area contributed by atoms with Crippen molar-refractivity contribution in [3.63, 3.8) is 0 Å². The number of aromatic nitrogens is 1. The first-order valence-corrected chi connectivity index (χ1v) is 8.10. The van der Waals surface area contributed by atoms with E-state index in [2.05, 4.69) is 6.07 Å². The van der Waals surface area contributed by atoms with Crippen LogP contribution in [-0.4, -0.2) is 26.7 Å². The lowest BCUT2D eigenvalue weighted by atomic mass is 10.1. The van der Waals surface area contributed by atoms with E-state index < -0.39 is 11.9 Å². The molecule has 1 aromatic heterocycles. The van der Waals surface area contributed by atoms with Gasteiger partial charge in [-0.2, -0.15) is 0 Å². The van der Waals surface area contributed by atoms with Gasteiger partial charge in [-0.05, 0) is 34.5 Å². The normalized spacial score (nSPS) is 11.1. The highest BCUT2D eigenvalue weighted by Gasteiger charge is 2.16. The van der Waals surface area contributed by atoms with Crippen molar-refractivity contribution in [2.75, 3.05) is 0 Å². The van der Waals surface area contributed by atoms with Gasteiger partial charge in [0.15, 0.2) is 0 Å². The summed E-state index contributed by atoms with van der Waals surface area (Å²) < 4.78 is 1.79. The molecule has 0 spiro atoms. The molecule has 5 heteroatoms. The highest BCUT2D eigenvalue weighted by molar-refractivity contribution is 6.05. The first-order chi connectivity index (χ1) is 12.5. The van der Waals surface area contributed by atoms with Gasteiger partial charge in [-0.1, -0.05) is 42.5 Å². The van der Waals surface area contributed by atoms with Crippen molar-refractivity contribution < 1.29 is 19.8 Å². The van der Waals surface area contributed by atoms with Gasteiger partial charge >= 0.3 is 11.9 Å². The minimum Gasteiger partial charge on any atom is -0.478 e. The number of carboxylic acids is 2. The smallest absolute Gasteiger partial charge is 0.337 e. The maximum absolute atomic E-state index is 11.5. The Labute approximate surface area is 148 Å². The van der Waals surface area contributed by atoms with E-state index in [4.69, 9.17) is 0 Å². The average Bonchev–Trinajstić information content (AvgIpc) is 2.99. The number of aromatic carboxylic acids is 2. The van der Waals surface area contributed by atoms with Gasteiger partial charge in [-0.15, -0.1) is 0 Å². The standard InChI is InChI=1S/C21H15NO4/c23-20(24)16-7-8-17-18(21(25)26)12-22(19(17)10-16)11-13-5-6-14-3-1-2-4-15(14)9-13/h1-10,12H,11H2,(H,23,24)(H,25,26). The van der Waals surface area contributed by atoms with Crippen LogP contribution in [0.3, 0.4) is 0 Å². The van der Waals surface area contributed by atoms with Gasteiger partial charge in [0.25, 0.3) is 0 Å². The van der Waals surface area contributed by atoms with Crippen LogP contribution in [0.1, 0.15) is 26.3 Å².